The van der Waals surface area contributed by atoms with E-state index in [9.17, 15) is 10.1 Å². The number of aromatic nitrogens is 2. The summed E-state index contributed by atoms with van der Waals surface area (Å²) in [5.74, 6) is -0.232. The monoisotopic (exact) mass is 306 g/mol. The molecule has 0 saturated carbocycles. The van der Waals surface area contributed by atoms with Crippen molar-refractivity contribution in [2.75, 3.05) is 0 Å². The van der Waals surface area contributed by atoms with Gasteiger partial charge in [-0.25, -0.2) is 0 Å². The van der Waals surface area contributed by atoms with Gasteiger partial charge in [0, 0.05) is 0 Å². The van der Waals surface area contributed by atoms with Crippen molar-refractivity contribution >= 4 is 21.7 Å². The fourth-order valence-electron chi connectivity index (χ4n) is 1.53. The van der Waals surface area contributed by atoms with Crippen LogP contribution < -0.4 is 0 Å². The van der Waals surface area contributed by atoms with Gasteiger partial charge in [0.15, 0.2) is 0 Å². The van der Waals surface area contributed by atoms with Gasteiger partial charge in [0.1, 0.15) is 4.47 Å². The molecule has 0 aliphatic rings. The van der Waals surface area contributed by atoms with E-state index in [0.29, 0.717) is 16.6 Å². The Hall–Kier alpha value is -2.20. The molecule has 0 aliphatic heterocycles. The van der Waals surface area contributed by atoms with Crippen LogP contribution in [0.3, 0.4) is 0 Å². The zero-order valence-electron chi connectivity index (χ0n) is 9.08. The van der Waals surface area contributed by atoms with Crippen LogP contribution in [-0.4, -0.2) is 14.7 Å². The van der Waals surface area contributed by atoms with E-state index in [1.807, 2.05) is 6.07 Å². The lowest BCUT2D eigenvalue weighted by atomic mass is 10.1. The van der Waals surface area contributed by atoms with Gasteiger partial charge in [-0.05, 0) is 32.5 Å². The molecule has 0 atom stereocenters. The lowest BCUT2D eigenvalue weighted by Gasteiger charge is -2.00. The molecule has 0 fully saturated rings. The van der Waals surface area contributed by atoms with Gasteiger partial charge in [-0.2, -0.15) is 9.94 Å². The molecule has 2 aromatic rings. The Bertz CT molecular complexity index is 645. The van der Waals surface area contributed by atoms with Crippen LogP contribution in [0.1, 0.15) is 11.1 Å². The van der Waals surface area contributed by atoms with E-state index in [1.165, 1.54) is 10.9 Å². The highest BCUT2D eigenvalue weighted by atomic mass is 79.9. The summed E-state index contributed by atoms with van der Waals surface area (Å²) >= 11 is 3.08. The third-order valence-electron chi connectivity index (χ3n) is 2.34. The fourth-order valence-corrected chi connectivity index (χ4v) is 1.99. The summed E-state index contributed by atoms with van der Waals surface area (Å²) in [5.41, 5.74) is 1.30. The molecule has 6 nitrogen and oxygen atoms in total. The van der Waals surface area contributed by atoms with E-state index in [-0.39, 0.29) is 5.82 Å². The molecular formula is C11H7BrN4O2. The lowest BCUT2D eigenvalue weighted by molar-refractivity contribution is -0.390. The first-order chi connectivity index (χ1) is 8.61. The minimum Gasteiger partial charge on any atom is -0.358 e. The van der Waals surface area contributed by atoms with Gasteiger partial charge in [-0.15, -0.1) is 0 Å². The second-order valence-corrected chi connectivity index (χ2v) is 4.38. The number of nitrogens with zero attached hydrogens (tertiary/aromatic N) is 4. The first-order valence-corrected chi connectivity index (χ1v) is 5.76. The van der Waals surface area contributed by atoms with Crippen LogP contribution in [0.5, 0.6) is 0 Å². The molecule has 0 radical (unpaired) electrons. The van der Waals surface area contributed by atoms with Crippen LogP contribution >= 0.6 is 15.9 Å². The first-order valence-electron chi connectivity index (χ1n) is 4.97. The Labute approximate surface area is 111 Å². The average molecular weight is 307 g/mol. The van der Waals surface area contributed by atoms with Crippen LogP contribution in [0.4, 0.5) is 5.82 Å². The molecule has 18 heavy (non-hydrogen) atoms. The number of rotatable bonds is 3. The van der Waals surface area contributed by atoms with Crippen molar-refractivity contribution in [2.24, 2.45) is 0 Å². The van der Waals surface area contributed by atoms with Crippen LogP contribution in [0, 0.1) is 21.4 Å². The summed E-state index contributed by atoms with van der Waals surface area (Å²) in [7, 11) is 0. The summed E-state index contributed by atoms with van der Waals surface area (Å²) in [6, 6.07) is 9.14. The molecule has 1 aromatic heterocycles. The van der Waals surface area contributed by atoms with E-state index in [4.69, 9.17) is 5.26 Å². The summed E-state index contributed by atoms with van der Waals surface area (Å²) in [6.07, 6.45) is 1.52. The van der Waals surface area contributed by atoms with Crippen molar-refractivity contribution in [1.82, 2.24) is 9.78 Å². The smallest absolute Gasteiger partial charge is 0.358 e. The van der Waals surface area contributed by atoms with Gasteiger partial charge in [0.2, 0.25) is 0 Å². The van der Waals surface area contributed by atoms with E-state index in [0.717, 1.165) is 5.56 Å². The molecule has 0 amide bonds. The summed E-state index contributed by atoms with van der Waals surface area (Å²) in [5, 5.41) is 23.4. The maximum atomic E-state index is 10.7. The fraction of sp³-hybridized carbons (Fsp3) is 0.0909. The van der Waals surface area contributed by atoms with Gasteiger partial charge in [-0.1, -0.05) is 18.2 Å². The van der Waals surface area contributed by atoms with Crippen molar-refractivity contribution in [3.63, 3.8) is 0 Å². The quantitative estimate of drug-likeness (QED) is 0.644. The SMILES string of the molecule is N#Cc1ccccc1Cn1cc(Br)c([N+](=O)[O-])n1. The largest absolute Gasteiger partial charge is 0.404 e. The predicted molar refractivity (Wildman–Crippen MR) is 66.8 cm³/mol. The van der Waals surface area contributed by atoms with Gasteiger partial charge in [0.25, 0.3) is 0 Å². The van der Waals surface area contributed by atoms with Crippen molar-refractivity contribution < 1.29 is 4.92 Å². The zero-order chi connectivity index (χ0) is 13.1. The minimum absolute atomic E-state index is 0.232. The number of nitro groups is 1. The topological polar surface area (TPSA) is 84.8 Å². The van der Waals surface area contributed by atoms with E-state index in [2.05, 4.69) is 27.1 Å². The Morgan fingerprint density at radius 1 is 1.50 bits per heavy atom. The van der Waals surface area contributed by atoms with Crippen molar-refractivity contribution in [2.45, 2.75) is 6.54 Å². The molecule has 90 valence electrons. The molecule has 0 N–H and O–H groups in total. The highest BCUT2D eigenvalue weighted by Gasteiger charge is 2.18. The number of hydrogen-bond donors (Lipinski definition) is 0. The minimum atomic E-state index is -0.559. The van der Waals surface area contributed by atoms with E-state index >= 15 is 0 Å². The maximum absolute atomic E-state index is 10.7. The lowest BCUT2D eigenvalue weighted by Crippen LogP contribution is -2.03. The molecule has 0 bridgehead atoms. The third kappa shape index (κ3) is 2.38. The maximum Gasteiger partial charge on any atom is 0.404 e. The summed E-state index contributed by atoms with van der Waals surface area (Å²) in [4.78, 5) is 10.1. The molecule has 1 aromatic carbocycles. The van der Waals surface area contributed by atoms with Crippen LogP contribution in [-0.2, 0) is 6.54 Å². The highest BCUT2D eigenvalue weighted by molar-refractivity contribution is 9.10. The van der Waals surface area contributed by atoms with E-state index < -0.39 is 4.92 Å². The number of benzene rings is 1. The van der Waals surface area contributed by atoms with Crippen molar-refractivity contribution in [1.29, 1.82) is 5.26 Å². The molecule has 1 heterocycles. The van der Waals surface area contributed by atoms with Crippen molar-refractivity contribution in [3.8, 4) is 6.07 Å². The van der Waals surface area contributed by atoms with Crippen LogP contribution in [0.2, 0.25) is 0 Å². The molecule has 0 aliphatic carbocycles. The predicted octanol–water partition coefficient (Wildman–Crippen LogP) is 2.47. The van der Waals surface area contributed by atoms with Crippen LogP contribution in [0.25, 0.3) is 0 Å². The molecule has 0 spiro atoms. The van der Waals surface area contributed by atoms with Gasteiger partial charge >= 0.3 is 5.82 Å². The molecular weight excluding hydrogens is 300 g/mol. The van der Waals surface area contributed by atoms with E-state index in [1.54, 1.807) is 18.2 Å². The number of hydrogen-bond acceptors (Lipinski definition) is 4. The Balaban J connectivity index is 2.32. The summed E-state index contributed by atoms with van der Waals surface area (Å²) in [6.45, 7) is 0.316. The number of halogens is 1. The van der Waals surface area contributed by atoms with Crippen molar-refractivity contribution in [3.05, 3.63) is 56.2 Å². The second-order valence-electron chi connectivity index (χ2n) is 3.52. The highest BCUT2D eigenvalue weighted by Crippen LogP contribution is 2.22. The second kappa shape index (κ2) is 4.98. The zero-order valence-corrected chi connectivity index (χ0v) is 10.7. The average Bonchev–Trinajstić information content (AvgIpc) is 2.71. The Morgan fingerprint density at radius 2 is 2.22 bits per heavy atom. The normalized spacial score (nSPS) is 10.0. The molecule has 2 rings (SSSR count). The summed E-state index contributed by atoms with van der Waals surface area (Å²) < 4.78 is 1.75. The molecule has 0 saturated heterocycles. The van der Waals surface area contributed by atoms with Crippen LogP contribution in [0.15, 0.2) is 34.9 Å². The van der Waals surface area contributed by atoms with Gasteiger partial charge in [0.05, 0.1) is 29.5 Å². The standard InChI is InChI=1S/C11H7BrN4O2/c12-10-7-15(14-11(10)16(17)18)6-9-4-2-1-3-8(9)5-13/h1-4,7H,6H2. The van der Waals surface area contributed by atoms with Gasteiger partial charge in [-0.3, -0.25) is 0 Å². The number of nitriles is 1. The Morgan fingerprint density at radius 3 is 2.83 bits per heavy atom. The Kier molecular flexibility index (Phi) is 3.39. The third-order valence-corrected chi connectivity index (χ3v) is 2.90. The first kappa shape index (κ1) is 12.3. The molecule has 7 heteroatoms. The van der Waals surface area contributed by atoms with Gasteiger partial charge < -0.3 is 10.1 Å². The molecule has 0 unspecified atom stereocenters.